The van der Waals surface area contributed by atoms with Crippen LogP contribution in [0.1, 0.15) is 36.8 Å². The van der Waals surface area contributed by atoms with Gasteiger partial charge in [0.05, 0.1) is 23.2 Å². The second kappa shape index (κ2) is 8.76. The van der Waals surface area contributed by atoms with E-state index in [0.29, 0.717) is 5.39 Å². The summed E-state index contributed by atoms with van der Waals surface area (Å²) < 4.78 is 6.40. The van der Waals surface area contributed by atoms with Crippen molar-refractivity contribution in [2.75, 3.05) is 0 Å². The Kier molecular flexibility index (Phi) is 6.03. The highest BCUT2D eigenvalue weighted by Gasteiger charge is 2.18. The van der Waals surface area contributed by atoms with Crippen LogP contribution in [0.2, 0.25) is 0 Å². The predicted octanol–water partition coefficient (Wildman–Crippen LogP) is 4.92. The number of aromatic nitrogens is 2. The summed E-state index contributed by atoms with van der Waals surface area (Å²) in [6, 6.07) is 21.8. The summed E-state index contributed by atoms with van der Waals surface area (Å²) in [5.41, 5.74) is 10.9. The average molecular weight is 449 g/mol. The number of benzene rings is 3. The maximum Gasteiger partial charge on any atom is 0.269 e. The van der Waals surface area contributed by atoms with E-state index in [-0.39, 0.29) is 11.1 Å². The van der Waals surface area contributed by atoms with Crippen LogP contribution >= 0.6 is 12.0 Å². The highest BCUT2D eigenvalue weighted by molar-refractivity contribution is 7.94. The van der Waals surface area contributed by atoms with Crippen LogP contribution in [-0.2, 0) is 14.7 Å². The van der Waals surface area contributed by atoms with E-state index in [1.165, 1.54) is 5.56 Å². The smallest absolute Gasteiger partial charge is 0.269 e. The SMILES string of the molecule is CC(C)(C)c1ccc(-c2ccc3c(C(N)=O)nn(-c4ccc(SOON)cc4)c3c2)cc1. The molecule has 1 heterocycles. The lowest BCUT2D eigenvalue weighted by atomic mass is 9.86. The molecule has 0 aliphatic rings. The molecule has 4 aromatic rings. The fraction of sp³-hybridized carbons (Fsp3) is 0.167. The normalized spacial score (nSPS) is 11.8. The Morgan fingerprint density at radius 3 is 2.22 bits per heavy atom. The number of fused-ring (bicyclic) bond motifs is 1. The third kappa shape index (κ3) is 4.39. The maximum absolute atomic E-state index is 12.0. The first-order valence-corrected chi connectivity index (χ1v) is 10.8. The van der Waals surface area contributed by atoms with Crippen molar-refractivity contribution < 1.29 is 14.1 Å². The van der Waals surface area contributed by atoms with Crippen LogP contribution in [0.3, 0.4) is 0 Å². The molecule has 8 heteroatoms. The van der Waals surface area contributed by atoms with Gasteiger partial charge in [-0.2, -0.15) is 11.0 Å². The van der Waals surface area contributed by atoms with Crippen LogP contribution in [0.15, 0.2) is 71.6 Å². The fourth-order valence-corrected chi connectivity index (χ4v) is 3.90. The molecule has 4 N–H and O–H groups in total. The van der Waals surface area contributed by atoms with E-state index in [9.17, 15) is 4.79 Å². The van der Waals surface area contributed by atoms with Gasteiger partial charge in [-0.05, 0) is 58.5 Å². The van der Waals surface area contributed by atoms with Crippen molar-refractivity contribution in [2.45, 2.75) is 31.1 Å². The standard InChI is InChI=1S/C24H24N4O3S/c1-24(2,3)17-7-4-15(5-8-17)16-6-13-20-21(14-16)28(27-22(20)23(25)29)18-9-11-19(12-10-18)32-31-30-26/h4-14H,26H2,1-3H3,(H2,25,29). The zero-order valence-corrected chi connectivity index (χ0v) is 18.8. The van der Waals surface area contributed by atoms with Crippen molar-refractivity contribution in [2.24, 2.45) is 11.6 Å². The van der Waals surface area contributed by atoms with Crippen LogP contribution in [0.5, 0.6) is 0 Å². The van der Waals surface area contributed by atoms with E-state index in [2.05, 4.69) is 59.5 Å². The van der Waals surface area contributed by atoms with Crippen molar-refractivity contribution in [1.29, 1.82) is 0 Å². The Bertz CT molecular complexity index is 1260. The zero-order valence-electron chi connectivity index (χ0n) is 18.0. The Morgan fingerprint density at radius 2 is 1.62 bits per heavy atom. The van der Waals surface area contributed by atoms with Crippen LogP contribution in [0.25, 0.3) is 27.7 Å². The van der Waals surface area contributed by atoms with Gasteiger partial charge in [0.25, 0.3) is 5.91 Å². The number of hydrogen-bond donors (Lipinski definition) is 2. The van der Waals surface area contributed by atoms with Crippen LogP contribution in [0, 0.1) is 0 Å². The van der Waals surface area contributed by atoms with Gasteiger partial charge in [0.1, 0.15) is 0 Å². The molecular formula is C24H24N4O3S. The van der Waals surface area contributed by atoms with Gasteiger partial charge < -0.3 is 5.73 Å². The number of hydrogen-bond acceptors (Lipinski definition) is 6. The summed E-state index contributed by atoms with van der Waals surface area (Å²) in [5.74, 6) is 4.31. The summed E-state index contributed by atoms with van der Waals surface area (Å²) in [5, 5.41) is 5.19. The van der Waals surface area contributed by atoms with E-state index < -0.39 is 5.91 Å². The van der Waals surface area contributed by atoms with Crippen LogP contribution in [0.4, 0.5) is 0 Å². The van der Waals surface area contributed by atoms with Gasteiger partial charge in [0, 0.05) is 10.3 Å². The van der Waals surface area contributed by atoms with E-state index in [1.807, 2.05) is 42.5 Å². The number of carbonyl (C=O) groups is 1. The molecule has 0 aliphatic carbocycles. The molecule has 7 nitrogen and oxygen atoms in total. The first-order chi connectivity index (χ1) is 15.3. The Hall–Kier alpha value is -3.17. The number of rotatable bonds is 6. The molecule has 1 aromatic heterocycles. The summed E-state index contributed by atoms with van der Waals surface area (Å²) in [4.78, 5) is 16.9. The molecule has 0 unspecified atom stereocenters. The molecule has 1 amide bonds. The largest absolute Gasteiger partial charge is 0.364 e. The minimum atomic E-state index is -0.572. The minimum absolute atomic E-state index is 0.0866. The van der Waals surface area contributed by atoms with E-state index in [0.717, 1.165) is 39.3 Å². The lowest BCUT2D eigenvalue weighted by Gasteiger charge is -2.19. The van der Waals surface area contributed by atoms with Crippen molar-refractivity contribution >= 4 is 28.9 Å². The molecule has 3 aromatic carbocycles. The number of nitrogens with two attached hydrogens (primary N) is 2. The van der Waals surface area contributed by atoms with E-state index in [4.69, 9.17) is 11.6 Å². The first-order valence-electron chi connectivity index (χ1n) is 10.0. The summed E-state index contributed by atoms with van der Waals surface area (Å²) in [6.07, 6.45) is 0. The van der Waals surface area contributed by atoms with E-state index in [1.54, 1.807) is 4.68 Å². The average Bonchev–Trinajstić information content (AvgIpc) is 3.17. The molecule has 0 atom stereocenters. The number of primary amides is 1. The quantitative estimate of drug-likeness (QED) is 0.246. The number of nitrogens with zero attached hydrogens (tertiary/aromatic N) is 2. The summed E-state index contributed by atoms with van der Waals surface area (Å²) in [7, 11) is 0. The molecule has 0 saturated heterocycles. The third-order valence-corrected chi connectivity index (χ3v) is 5.86. The molecule has 0 bridgehead atoms. The Balaban J connectivity index is 1.79. The van der Waals surface area contributed by atoms with Crippen molar-refractivity contribution in [1.82, 2.24) is 9.78 Å². The molecular weight excluding hydrogens is 424 g/mol. The van der Waals surface area contributed by atoms with Gasteiger partial charge >= 0.3 is 0 Å². The molecule has 0 aliphatic heterocycles. The predicted molar refractivity (Wildman–Crippen MR) is 126 cm³/mol. The topological polar surface area (TPSA) is 105 Å². The van der Waals surface area contributed by atoms with Gasteiger partial charge in [-0.3, -0.25) is 4.79 Å². The molecule has 32 heavy (non-hydrogen) atoms. The molecule has 164 valence electrons. The maximum atomic E-state index is 12.0. The number of amides is 1. The molecule has 0 spiro atoms. The van der Waals surface area contributed by atoms with Crippen LogP contribution in [-0.4, -0.2) is 15.7 Å². The fourth-order valence-electron chi connectivity index (χ4n) is 3.54. The van der Waals surface area contributed by atoms with Crippen molar-refractivity contribution in [3.63, 3.8) is 0 Å². The lowest BCUT2D eigenvalue weighted by molar-refractivity contribution is -0.195. The van der Waals surface area contributed by atoms with Gasteiger partial charge in [0.15, 0.2) is 5.69 Å². The summed E-state index contributed by atoms with van der Waals surface area (Å²) in [6.45, 7) is 6.57. The number of carbonyl (C=O) groups excluding carboxylic acids is 1. The van der Waals surface area contributed by atoms with E-state index >= 15 is 0 Å². The molecule has 0 radical (unpaired) electrons. The second-order valence-corrected chi connectivity index (χ2v) is 9.20. The van der Waals surface area contributed by atoms with Gasteiger partial charge in [-0.15, -0.1) is 9.32 Å². The first kappa shape index (κ1) is 22.0. The zero-order chi connectivity index (χ0) is 22.9. The van der Waals surface area contributed by atoms with Gasteiger partial charge in [0.2, 0.25) is 0 Å². The highest BCUT2D eigenvalue weighted by Crippen LogP contribution is 2.31. The van der Waals surface area contributed by atoms with Crippen molar-refractivity contribution in [3.05, 3.63) is 78.0 Å². The van der Waals surface area contributed by atoms with Gasteiger partial charge in [-0.1, -0.05) is 51.1 Å². The third-order valence-electron chi connectivity index (χ3n) is 5.25. The minimum Gasteiger partial charge on any atom is -0.364 e. The van der Waals surface area contributed by atoms with Crippen molar-refractivity contribution in [3.8, 4) is 16.8 Å². The lowest BCUT2D eigenvalue weighted by Crippen LogP contribution is -2.12. The molecule has 0 fully saturated rings. The highest BCUT2D eigenvalue weighted by atomic mass is 32.2. The second-order valence-electron chi connectivity index (χ2n) is 8.43. The molecule has 4 rings (SSSR count). The van der Waals surface area contributed by atoms with Crippen LogP contribution < -0.4 is 11.6 Å². The monoisotopic (exact) mass is 448 g/mol. The Labute approximate surface area is 190 Å². The molecule has 0 saturated carbocycles. The summed E-state index contributed by atoms with van der Waals surface area (Å²) >= 11 is 0.989. The van der Waals surface area contributed by atoms with Gasteiger partial charge in [-0.25, -0.2) is 4.68 Å². The Morgan fingerprint density at radius 1 is 0.969 bits per heavy atom.